The molecule has 172 valence electrons. The molecule has 0 aromatic heterocycles. The van der Waals surface area contributed by atoms with E-state index in [1.54, 1.807) is 18.2 Å². The van der Waals surface area contributed by atoms with Crippen LogP contribution in [0.4, 0.5) is 0 Å². The maximum Gasteiger partial charge on any atom is 0.160 e. The summed E-state index contributed by atoms with van der Waals surface area (Å²) in [6.07, 6.45) is 4.10. The molecule has 0 spiro atoms. The predicted octanol–water partition coefficient (Wildman–Crippen LogP) is 5.14. The zero-order chi connectivity index (χ0) is 22.8. The molecule has 1 saturated heterocycles. The molecule has 3 N–H and O–H groups in total. The van der Waals surface area contributed by atoms with Gasteiger partial charge in [-0.3, -0.25) is 4.90 Å². The molecule has 3 aromatic rings. The second-order valence-corrected chi connectivity index (χ2v) is 9.18. The minimum absolute atomic E-state index is 0.0106. The van der Waals surface area contributed by atoms with Crippen LogP contribution < -0.4 is 4.74 Å². The summed E-state index contributed by atoms with van der Waals surface area (Å²) in [6.45, 7) is 3.99. The molecule has 1 aliphatic carbocycles. The van der Waals surface area contributed by atoms with Crippen molar-refractivity contribution < 1.29 is 20.1 Å². The number of aromatic hydroxyl groups is 3. The highest BCUT2D eigenvalue weighted by Crippen LogP contribution is 2.50. The van der Waals surface area contributed by atoms with E-state index in [0.29, 0.717) is 13.0 Å². The number of hydrogen-bond acceptors (Lipinski definition) is 5. The number of rotatable bonds is 6. The van der Waals surface area contributed by atoms with Gasteiger partial charge in [0, 0.05) is 18.0 Å². The molecule has 5 nitrogen and oxygen atoms in total. The first-order valence-electron chi connectivity index (χ1n) is 11.9. The van der Waals surface area contributed by atoms with Crippen LogP contribution in [0.25, 0.3) is 0 Å². The van der Waals surface area contributed by atoms with Crippen LogP contribution in [-0.4, -0.2) is 46.5 Å². The van der Waals surface area contributed by atoms with Gasteiger partial charge in [-0.2, -0.15) is 0 Å². The summed E-state index contributed by atoms with van der Waals surface area (Å²) in [7, 11) is 0. The van der Waals surface area contributed by atoms with Crippen LogP contribution >= 0.6 is 0 Å². The van der Waals surface area contributed by atoms with Gasteiger partial charge in [0.1, 0.15) is 18.1 Å². The lowest BCUT2D eigenvalue weighted by Gasteiger charge is -2.35. The molecule has 0 radical (unpaired) electrons. The quantitative estimate of drug-likeness (QED) is 0.458. The molecular weight excluding hydrogens is 414 g/mol. The first kappa shape index (κ1) is 21.7. The number of benzene rings is 3. The molecule has 0 amide bonds. The number of phenolic OH excluding ortho intramolecular Hbond substituents is 3. The Morgan fingerprint density at radius 2 is 1.52 bits per heavy atom. The maximum atomic E-state index is 10.5. The van der Waals surface area contributed by atoms with Gasteiger partial charge in [0.05, 0.1) is 0 Å². The highest BCUT2D eigenvalue weighted by molar-refractivity contribution is 5.55. The first-order valence-corrected chi connectivity index (χ1v) is 11.9. The van der Waals surface area contributed by atoms with E-state index in [-0.39, 0.29) is 29.1 Å². The van der Waals surface area contributed by atoms with E-state index in [9.17, 15) is 15.3 Å². The molecule has 0 unspecified atom stereocenters. The van der Waals surface area contributed by atoms with Gasteiger partial charge in [-0.05, 0) is 91.7 Å². The van der Waals surface area contributed by atoms with E-state index in [1.807, 2.05) is 30.3 Å². The molecule has 1 heterocycles. The normalized spacial score (nSPS) is 20.5. The fourth-order valence-corrected chi connectivity index (χ4v) is 5.44. The Balaban J connectivity index is 1.42. The lowest BCUT2D eigenvalue weighted by atomic mass is 9.69. The molecule has 1 aliphatic heterocycles. The third-order valence-electron chi connectivity index (χ3n) is 7.18. The van der Waals surface area contributed by atoms with Crippen molar-refractivity contribution in [1.82, 2.24) is 4.90 Å². The highest BCUT2D eigenvalue weighted by atomic mass is 16.5. The Hall–Kier alpha value is -3.18. The van der Waals surface area contributed by atoms with Gasteiger partial charge in [-0.1, -0.05) is 30.3 Å². The standard InChI is InChI=1S/C28H31NO4/c30-21-7-3-19(4-8-21)23-11-12-25-24(13-14-26(31)28(25)32)27(23)20-5-9-22(10-6-20)33-18-17-29-15-1-2-16-29/h3-10,13-14,23,27,30-32H,1-2,11-12,15-18H2/t23-,27+/m1/s1. The molecular formula is C28H31NO4. The zero-order valence-electron chi connectivity index (χ0n) is 18.8. The lowest BCUT2D eigenvalue weighted by molar-refractivity contribution is 0.237. The Morgan fingerprint density at radius 3 is 2.24 bits per heavy atom. The average Bonchev–Trinajstić information content (AvgIpc) is 3.35. The number of likely N-dealkylation sites (tertiary alicyclic amines) is 1. The maximum absolute atomic E-state index is 10.5. The van der Waals surface area contributed by atoms with Crippen LogP contribution in [-0.2, 0) is 6.42 Å². The van der Waals surface area contributed by atoms with Crippen molar-refractivity contribution in [3.05, 3.63) is 82.9 Å². The van der Waals surface area contributed by atoms with Crippen molar-refractivity contribution in [2.45, 2.75) is 37.5 Å². The summed E-state index contributed by atoms with van der Waals surface area (Å²) >= 11 is 0. The Bertz CT molecular complexity index is 1090. The number of nitrogens with zero attached hydrogens (tertiary/aromatic N) is 1. The first-order chi connectivity index (χ1) is 16.1. The van der Waals surface area contributed by atoms with E-state index < -0.39 is 0 Å². The number of phenols is 3. The molecule has 33 heavy (non-hydrogen) atoms. The minimum atomic E-state index is -0.0719. The van der Waals surface area contributed by atoms with Crippen molar-refractivity contribution in [1.29, 1.82) is 0 Å². The number of ether oxygens (including phenoxy) is 1. The van der Waals surface area contributed by atoms with Crippen LogP contribution in [0.2, 0.25) is 0 Å². The highest BCUT2D eigenvalue weighted by Gasteiger charge is 2.34. The molecule has 5 rings (SSSR count). The van der Waals surface area contributed by atoms with Gasteiger partial charge in [0.2, 0.25) is 0 Å². The topological polar surface area (TPSA) is 73.2 Å². The van der Waals surface area contributed by atoms with Crippen LogP contribution in [0, 0.1) is 0 Å². The third kappa shape index (κ3) is 4.51. The second kappa shape index (κ2) is 9.36. The van der Waals surface area contributed by atoms with Gasteiger partial charge in [0.15, 0.2) is 11.5 Å². The zero-order valence-corrected chi connectivity index (χ0v) is 18.8. The SMILES string of the molecule is Oc1ccc([C@H]2CCc3c(ccc(O)c3O)[C@H]2c2ccc(OCCN3CCCC3)cc2)cc1. The summed E-state index contributed by atoms with van der Waals surface area (Å²) in [5.41, 5.74) is 4.16. The van der Waals surface area contributed by atoms with E-state index >= 15 is 0 Å². The van der Waals surface area contributed by atoms with Crippen LogP contribution in [0.3, 0.4) is 0 Å². The fraction of sp³-hybridized carbons (Fsp3) is 0.357. The van der Waals surface area contributed by atoms with Crippen molar-refractivity contribution in [2.75, 3.05) is 26.2 Å². The smallest absolute Gasteiger partial charge is 0.160 e. The Morgan fingerprint density at radius 1 is 0.818 bits per heavy atom. The van der Waals surface area contributed by atoms with E-state index in [2.05, 4.69) is 17.0 Å². The summed E-state index contributed by atoms with van der Waals surface area (Å²) in [5, 5.41) is 30.3. The molecule has 2 atom stereocenters. The van der Waals surface area contributed by atoms with E-state index in [1.165, 1.54) is 25.9 Å². The van der Waals surface area contributed by atoms with Crippen molar-refractivity contribution in [2.24, 2.45) is 0 Å². The summed E-state index contributed by atoms with van der Waals surface area (Å²) in [4.78, 5) is 2.44. The monoisotopic (exact) mass is 445 g/mol. The van der Waals surface area contributed by atoms with Gasteiger partial charge in [0.25, 0.3) is 0 Å². The Kier molecular flexibility index (Phi) is 6.14. The molecule has 1 fully saturated rings. The fourth-order valence-electron chi connectivity index (χ4n) is 5.44. The third-order valence-corrected chi connectivity index (χ3v) is 7.18. The summed E-state index contributed by atoms with van der Waals surface area (Å²) in [5.74, 6) is 1.27. The average molecular weight is 446 g/mol. The molecule has 0 bridgehead atoms. The van der Waals surface area contributed by atoms with E-state index in [0.717, 1.165) is 41.0 Å². The number of hydrogen-bond donors (Lipinski definition) is 3. The predicted molar refractivity (Wildman–Crippen MR) is 128 cm³/mol. The van der Waals surface area contributed by atoms with Crippen molar-refractivity contribution in [3.63, 3.8) is 0 Å². The molecule has 3 aromatic carbocycles. The van der Waals surface area contributed by atoms with Gasteiger partial charge >= 0.3 is 0 Å². The molecule has 5 heteroatoms. The van der Waals surface area contributed by atoms with Gasteiger partial charge in [-0.25, -0.2) is 0 Å². The molecule has 0 saturated carbocycles. The lowest BCUT2D eigenvalue weighted by Crippen LogP contribution is -2.25. The summed E-state index contributed by atoms with van der Waals surface area (Å²) < 4.78 is 6.00. The number of fused-ring (bicyclic) bond motifs is 1. The largest absolute Gasteiger partial charge is 0.508 e. The minimum Gasteiger partial charge on any atom is -0.508 e. The van der Waals surface area contributed by atoms with Crippen molar-refractivity contribution >= 4 is 0 Å². The van der Waals surface area contributed by atoms with E-state index in [4.69, 9.17) is 4.74 Å². The van der Waals surface area contributed by atoms with Gasteiger partial charge in [-0.15, -0.1) is 0 Å². The van der Waals surface area contributed by atoms with Gasteiger partial charge < -0.3 is 20.1 Å². The Labute approximate surface area is 194 Å². The van der Waals surface area contributed by atoms with Crippen LogP contribution in [0.5, 0.6) is 23.0 Å². The summed E-state index contributed by atoms with van der Waals surface area (Å²) in [6, 6.07) is 19.2. The van der Waals surface area contributed by atoms with Crippen LogP contribution in [0.1, 0.15) is 53.4 Å². The van der Waals surface area contributed by atoms with Crippen LogP contribution in [0.15, 0.2) is 60.7 Å². The van der Waals surface area contributed by atoms with Crippen molar-refractivity contribution in [3.8, 4) is 23.0 Å². The molecule has 2 aliphatic rings. The second-order valence-electron chi connectivity index (χ2n) is 9.18.